The summed E-state index contributed by atoms with van der Waals surface area (Å²) in [5, 5.41) is 0. The standard InChI is InChI=1S/C31H32O9/c1-4-29(32)38-20-6-19-37-26-13-9-24(10-14-26)31(34)40-28-16-15-27(21-22(28)2)39-30(33)23-7-11-25(12-8-23)36-18-5-17-35-3/h4,7-16,21H,1,5-6,17-20H2,2-3H3. The maximum absolute atomic E-state index is 12.6. The molecule has 3 aromatic rings. The Kier molecular flexibility index (Phi) is 11.7. The molecule has 0 N–H and O–H groups in total. The Bertz CT molecular complexity index is 1280. The minimum atomic E-state index is -0.541. The summed E-state index contributed by atoms with van der Waals surface area (Å²) < 4.78 is 32.0. The van der Waals surface area contributed by atoms with E-state index in [2.05, 4.69) is 6.58 Å². The van der Waals surface area contributed by atoms with Crippen molar-refractivity contribution in [3.05, 3.63) is 96.1 Å². The predicted molar refractivity (Wildman–Crippen MR) is 147 cm³/mol. The van der Waals surface area contributed by atoms with Gasteiger partial charge in [0, 0.05) is 32.6 Å². The second-order valence-corrected chi connectivity index (χ2v) is 8.52. The Morgan fingerprint density at radius 1 is 0.700 bits per heavy atom. The molecule has 3 rings (SSSR count). The summed E-state index contributed by atoms with van der Waals surface area (Å²) >= 11 is 0. The summed E-state index contributed by atoms with van der Waals surface area (Å²) in [4.78, 5) is 36.2. The number of ether oxygens (including phenoxy) is 6. The van der Waals surface area contributed by atoms with Crippen molar-refractivity contribution in [2.75, 3.05) is 33.5 Å². The van der Waals surface area contributed by atoms with Crippen LogP contribution in [0, 0.1) is 6.92 Å². The monoisotopic (exact) mass is 548 g/mol. The van der Waals surface area contributed by atoms with Gasteiger partial charge in [0.15, 0.2) is 0 Å². The van der Waals surface area contributed by atoms with Gasteiger partial charge >= 0.3 is 17.9 Å². The number of esters is 3. The second-order valence-electron chi connectivity index (χ2n) is 8.52. The summed E-state index contributed by atoms with van der Waals surface area (Å²) in [7, 11) is 1.64. The van der Waals surface area contributed by atoms with E-state index in [4.69, 9.17) is 28.4 Å². The maximum Gasteiger partial charge on any atom is 0.343 e. The van der Waals surface area contributed by atoms with E-state index >= 15 is 0 Å². The van der Waals surface area contributed by atoms with E-state index in [0.717, 1.165) is 12.5 Å². The van der Waals surface area contributed by atoms with Crippen molar-refractivity contribution in [3.63, 3.8) is 0 Å². The number of benzene rings is 3. The fourth-order valence-electron chi connectivity index (χ4n) is 3.37. The molecular formula is C31H32O9. The molecule has 0 aromatic heterocycles. The van der Waals surface area contributed by atoms with Crippen LogP contribution in [0.15, 0.2) is 79.4 Å². The van der Waals surface area contributed by atoms with Gasteiger partial charge in [-0.3, -0.25) is 0 Å². The molecule has 0 aliphatic rings. The minimum Gasteiger partial charge on any atom is -0.494 e. The molecule has 0 amide bonds. The van der Waals surface area contributed by atoms with Crippen LogP contribution in [0.5, 0.6) is 23.0 Å². The van der Waals surface area contributed by atoms with Crippen LogP contribution in [-0.2, 0) is 14.3 Å². The van der Waals surface area contributed by atoms with Crippen LogP contribution in [0.2, 0.25) is 0 Å². The molecule has 210 valence electrons. The molecule has 0 unspecified atom stereocenters. The second kappa shape index (κ2) is 15.7. The Morgan fingerprint density at radius 2 is 1.23 bits per heavy atom. The van der Waals surface area contributed by atoms with Gasteiger partial charge in [-0.15, -0.1) is 0 Å². The number of hydrogen-bond acceptors (Lipinski definition) is 9. The molecule has 0 aliphatic heterocycles. The number of carbonyl (C=O) groups excluding carboxylic acids is 3. The third-order valence-corrected chi connectivity index (χ3v) is 5.47. The Morgan fingerprint density at radius 3 is 1.75 bits per heavy atom. The molecule has 0 saturated heterocycles. The first-order valence-electron chi connectivity index (χ1n) is 12.7. The van der Waals surface area contributed by atoms with Crippen molar-refractivity contribution in [2.24, 2.45) is 0 Å². The zero-order chi connectivity index (χ0) is 28.7. The molecule has 0 atom stereocenters. The zero-order valence-electron chi connectivity index (χ0n) is 22.6. The van der Waals surface area contributed by atoms with Crippen molar-refractivity contribution < 1.29 is 42.8 Å². The van der Waals surface area contributed by atoms with Crippen LogP contribution >= 0.6 is 0 Å². The van der Waals surface area contributed by atoms with E-state index in [9.17, 15) is 14.4 Å². The van der Waals surface area contributed by atoms with Crippen LogP contribution < -0.4 is 18.9 Å². The summed E-state index contributed by atoms with van der Waals surface area (Å²) in [5.41, 5.74) is 1.34. The Labute approximate surface area is 233 Å². The van der Waals surface area contributed by atoms with Gasteiger partial charge in [-0.1, -0.05) is 6.58 Å². The van der Waals surface area contributed by atoms with Gasteiger partial charge in [-0.25, -0.2) is 14.4 Å². The number of hydrogen-bond donors (Lipinski definition) is 0. The van der Waals surface area contributed by atoms with E-state index in [1.807, 2.05) is 0 Å². The highest BCUT2D eigenvalue weighted by Crippen LogP contribution is 2.25. The van der Waals surface area contributed by atoms with E-state index in [-0.39, 0.29) is 6.61 Å². The average molecular weight is 549 g/mol. The molecule has 0 spiro atoms. The van der Waals surface area contributed by atoms with Crippen LogP contribution in [-0.4, -0.2) is 51.4 Å². The molecule has 40 heavy (non-hydrogen) atoms. The van der Waals surface area contributed by atoms with E-state index in [1.165, 1.54) is 0 Å². The minimum absolute atomic E-state index is 0.227. The number of methoxy groups -OCH3 is 1. The Balaban J connectivity index is 1.48. The fourth-order valence-corrected chi connectivity index (χ4v) is 3.37. The summed E-state index contributed by atoms with van der Waals surface area (Å²) in [6.45, 7) is 6.79. The highest BCUT2D eigenvalue weighted by Gasteiger charge is 2.14. The fraction of sp³-hybridized carbons (Fsp3) is 0.258. The van der Waals surface area contributed by atoms with Gasteiger partial charge in [0.2, 0.25) is 0 Å². The first-order valence-corrected chi connectivity index (χ1v) is 12.7. The van der Waals surface area contributed by atoms with Gasteiger partial charge in [0.1, 0.15) is 23.0 Å². The van der Waals surface area contributed by atoms with Crippen LogP contribution in [0.4, 0.5) is 0 Å². The number of carbonyl (C=O) groups is 3. The van der Waals surface area contributed by atoms with Gasteiger partial charge in [0.05, 0.1) is 30.9 Å². The molecule has 0 bridgehead atoms. The van der Waals surface area contributed by atoms with Crippen molar-refractivity contribution in [1.29, 1.82) is 0 Å². The quantitative estimate of drug-likeness (QED) is 0.108. The van der Waals surface area contributed by atoms with Crippen molar-refractivity contribution in [2.45, 2.75) is 19.8 Å². The van der Waals surface area contributed by atoms with Crippen molar-refractivity contribution in [1.82, 2.24) is 0 Å². The largest absolute Gasteiger partial charge is 0.494 e. The third kappa shape index (κ3) is 9.59. The molecule has 9 heteroatoms. The van der Waals surface area contributed by atoms with Gasteiger partial charge < -0.3 is 28.4 Å². The molecule has 3 aromatic carbocycles. The summed E-state index contributed by atoms with van der Waals surface area (Å²) in [5.74, 6) is 0.349. The molecule has 0 heterocycles. The molecule has 0 aliphatic carbocycles. The lowest BCUT2D eigenvalue weighted by molar-refractivity contribution is -0.137. The maximum atomic E-state index is 12.6. The van der Waals surface area contributed by atoms with Crippen molar-refractivity contribution in [3.8, 4) is 23.0 Å². The highest BCUT2D eigenvalue weighted by molar-refractivity contribution is 5.92. The SMILES string of the molecule is C=CC(=O)OCCCOc1ccc(C(=O)Oc2ccc(OC(=O)c3ccc(OCCCOC)cc3)cc2C)cc1. The smallest absolute Gasteiger partial charge is 0.343 e. The van der Waals surface area contributed by atoms with Crippen molar-refractivity contribution >= 4 is 17.9 Å². The zero-order valence-corrected chi connectivity index (χ0v) is 22.6. The van der Waals surface area contributed by atoms with Crippen LogP contribution in [0.3, 0.4) is 0 Å². The molecule has 0 fully saturated rings. The summed E-state index contributed by atoms with van der Waals surface area (Å²) in [6.07, 6.45) is 2.39. The summed E-state index contributed by atoms with van der Waals surface area (Å²) in [6, 6.07) is 17.9. The number of rotatable bonds is 15. The van der Waals surface area contributed by atoms with E-state index in [1.54, 1.807) is 80.8 Å². The third-order valence-electron chi connectivity index (χ3n) is 5.47. The lowest BCUT2D eigenvalue weighted by atomic mass is 10.2. The van der Waals surface area contributed by atoms with Crippen LogP contribution in [0.1, 0.15) is 39.1 Å². The topological polar surface area (TPSA) is 107 Å². The van der Waals surface area contributed by atoms with Crippen LogP contribution in [0.25, 0.3) is 0 Å². The first kappa shape index (κ1) is 29.9. The molecule has 0 saturated carbocycles. The lowest BCUT2D eigenvalue weighted by Crippen LogP contribution is -2.11. The first-order chi connectivity index (χ1) is 19.4. The molecule has 9 nitrogen and oxygen atoms in total. The average Bonchev–Trinajstić information content (AvgIpc) is 2.97. The van der Waals surface area contributed by atoms with Gasteiger partial charge in [-0.2, -0.15) is 0 Å². The normalized spacial score (nSPS) is 10.3. The Hall–Kier alpha value is -4.63. The molecular weight excluding hydrogens is 516 g/mol. The lowest BCUT2D eigenvalue weighted by Gasteiger charge is -2.11. The van der Waals surface area contributed by atoms with Gasteiger partial charge in [-0.05, 0) is 79.2 Å². The highest BCUT2D eigenvalue weighted by atomic mass is 16.5. The van der Waals surface area contributed by atoms with E-state index in [0.29, 0.717) is 65.9 Å². The predicted octanol–water partition coefficient (Wildman–Crippen LogP) is 5.35. The van der Waals surface area contributed by atoms with E-state index < -0.39 is 17.9 Å². The number of aryl methyl sites for hydroxylation is 1. The molecule has 0 radical (unpaired) electrons. The van der Waals surface area contributed by atoms with Gasteiger partial charge in [0.25, 0.3) is 0 Å².